The number of aliphatic hydroxyl groups is 1. The summed E-state index contributed by atoms with van der Waals surface area (Å²) in [5.41, 5.74) is 2.26. The minimum atomic E-state index is -0.546. The van der Waals surface area contributed by atoms with E-state index in [1.807, 2.05) is 0 Å². The van der Waals surface area contributed by atoms with Crippen LogP contribution in [0.5, 0.6) is 5.75 Å². The first-order chi connectivity index (χ1) is 18.1. The van der Waals surface area contributed by atoms with E-state index in [0.717, 1.165) is 95.4 Å². The fourth-order valence-electron chi connectivity index (χ4n) is 9.98. The lowest BCUT2D eigenvalue weighted by molar-refractivity contribution is -0.158. The van der Waals surface area contributed by atoms with E-state index >= 15 is 0 Å². The molecule has 0 spiro atoms. The van der Waals surface area contributed by atoms with Crippen LogP contribution in [0.15, 0.2) is 18.2 Å². The molecule has 0 radical (unpaired) electrons. The molecule has 5 fully saturated rings. The Bertz CT molecular complexity index is 1050. The van der Waals surface area contributed by atoms with Crippen molar-refractivity contribution in [3.05, 3.63) is 29.3 Å². The SMILES string of the molecule is COc1cc(CN2CCN(C[C@@]3(O)CC[C@@]4(C)[C@@H](CC[C@@H]5[C@@H]4CC[C@]4(C)C(=O)CC[C@@H]54)C3)CC2)ccc1C. The molecule has 5 heteroatoms. The first-order valence-corrected chi connectivity index (χ1v) is 15.5. The van der Waals surface area contributed by atoms with Crippen molar-refractivity contribution in [1.29, 1.82) is 0 Å². The fourth-order valence-corrected chi connectivity index (χ4v) is 9.98. The van der Waals surface area contributed by atoms with E-state index in [1.165, 1.54) is 30.4 Å². The maximum Gasteiger partial charge on any atom is 0.139 e. The molecule has 5 nitrogen and oxygen atoms in total. The second-order valence-electron chi connectivity index (χ2n) is 14.4. The van der Waals surface area contributed by atoms with Gasteiger partial charge < -0.3 is 9.84 Å². The molecule has 7 atom stereocenters. The van der Waals surface area contributed by atoms with Crippen LogP contribution >= 0.6 is 0 Å². The summed E-state index contributed by atoms with van der Waals surface area (Å²) >= 11 is 0. The molecule has 4 saturated carbocycles. The third-order valence-electron chi connectivity index (χ3n) is 12.4. The minimum Gasteiger partial charge on any atom is -0.496 e. The number of aryl methyl sites for hydroxylation is 1. The molecular formula is C33H50N2O3. The molecule has 0 amide bonds. The van der Waals surface area contributed by atoms with E-state index < -0.39 is 5.60 Å². The van der Waals surface area contributed by atoms with Crippen LogP contribution in [0, 0.1) is 41.4 Å². The van der Waals surface area contributed by atoms with Crippen molar-refractivity contribution < 1.29 is 14.6 Å². The van der Waals surface area contributed by atoms with Crippen molar-refractivity contribution in [2.45, 2.75) is 90.7 Å². The molecule has 1 aromatic rings. The molecule has 5 aliphatic rings. The summed E-state index contributed by atoms with van der Waals surface area (Å²) in [6.07, 6.45) is 9.85. The number of carbonyl (C=O) groups excluding carboxylic acids is 1. The summed E-state index contributed by atoms with van der Waals surface area (Å²) in [6.45, 7) is 12.9. The Morgan fingerprint density at radius 3 is 2.50 bits per heavy atom. The van der Waals surface area contributed by atoms with Crippen LogP contribution in [-0.2, 0) is 11.3 Å². The summed E-state index contributed by atoms with van der Waals surface area (Å²) in [5, 5.41) is 11.9. The van der Waals surface area contributed by atoms with Gasteiger partial charge in [-0.2, -0.15) is 0 Å². The molecule has 38 heavy (non-hydrogen) atoms. The van der Waals surface area contributed by atoms with Crippen LogP contribution in [-0.4, -0.2) is 66.1 Å². The highest BCUT2D eigenvalue weighted by molar-refractivity contribution is 5.87. The molecule has 1 aromatic carbocycles. The van der Waals surface area contributed by atoms with Crippen LogP contribution in [0.1, 0.15) is 82.8 Å². The highest BCUT2D eigenvalue weighted by atomic mass is 16.5. The molecule has 0 aromatic heterocycles. The number of ether oxygens (including phenoxy) is 1. The first kappa shape index (κ1) is 26.8. The summed E-state index contributed by atoms with van der Waals surface area (Å²) in [4.78, 5) is 17.8. The van der Waals surface area contributed by atoms with Gasteiger partial charge in [-0.15, -0.1) is 0 Å². The van der Waals surface area contributed by atoms with Gasteiger partial charge in [0.15, 0.2) is 0 Å². The molecule has 1 N–H and O–H groups in total. The van der Waals surface area contributed by atoms with E-state index in [9.17, 15) is 9.90 Å². The van der Waals surface area contributed by atoms with E-state index in [1.54, 1.807) is 7.11 Å². The lowest BCUT2D eigenvalue weighted by Gasteiger charge is -2.61. The third-order valence-corrected chi connectivity index (χ3v) is 12.4. The number of rotatable bonds is 5. The van der Waals surface area contributed by atoms with Gasteiger partial charge in [-0.1, -0.05) is 26.0 Å². The number of nitrogens with zero attached hydrogens (tertiary/aromatic N) is 2. The Kier molecular flexibility index (Phi) is 6.97. The molecule has 0 bridgehead atoms. The minimum absolute atomic E-state index is 0.0343. The van der Waals surface area contributed by atoms with Crippen molar-refractivity contribution in [1.82, 2.24) is 9.80 Å². The van der Waals surface area contributed by atoms with Crippen molar-refractivity contribution in [2.24, 2.45) is 34.5 Å². The number of methoxy groups -OCH3 is 1. The van der Waals surface area contributed by atoms with Gasteiger partial charge in [-0.3, -0.25) is 14.6 Å². The average Bonchev–Trinajstić information content (AvgIpc) is 3.21. The van der Waals surface area contributed by atoms with E-state index in [2.05, 4.69) is 48.8 Å². The molecule has 0 unspecified atom stereocenters. The van der Waals surface area contributed by atoms with Crippen LogP contribution < -0.4 is 4.74 Å². The predicted octanol–water partition coefficient (Wildman–Crippen LogP) is 5.46. The molecule has 4 aliphatic carbocycles. The van der Waals surface area contributed by atoms with Crippen molar-refractivity contribution in [3.8, 4) is 5.75 Å². The lowest BCUT2D eigenvalue weighted by Crippen LogP contribution is -2.59. The highest BCUT2D eigenvalue weighted by Crippen LogP contribution is 2.66. The first-order valence-electron chi connectivity index (χ1n) is 15.5. The standard InChI is InChI=1S/C33H50N2O3/c1-23-5-6-24(19-29(23)38-4)21-34-15-17-35(18-16-34)22-33(37)14-13-31(2)25(20-33)7-8-26-27-9-10-30(36)32(27,3)12-11-28(26)31/h5-6,19,25-28,37H,7-18,20-22H2,1-4H3/t25-,26-,27-,28-,31-,32-,33+/m0/s1. The Morgan fingerprint density at radius 1 is 0.974 bits per heavy atom. The van der Waals surface area contributed by atoms with Gasteiger partial charge >= 0.3 is 0 Å². The maximum atomic E-state index is 12.7. The molecule has 1 heterocycles. The molecule has 210 valence electrons. The number of hydrogen-bond donors (Lipinski definition) is 1. The maximum absolute atomic E-state index is 12.7. The van der Waals surface area contributed by atoms with Gasteiger partial charge in [0.1, 0.15) is 11.5 Å². The largest absolute Gasteiger partial charge is 0.496 e. The Hall–Kier alpha value is -1.43. The van der Waals surface area contributed by atoms with Crippen molar-refractivity contribution >= 4 is 5.78 Å². The third kappa shape index (κ3) is 4.55. The number of benzene rings is 1. The number of β-amino-alcohol motifs (C(OH)–C–C–N with tert-alkyl or cyclic N) is 1. The fraction of sp³-hybridized carbons (Fsp3) is 0.788. The zero-order valence-electron chi connectivity index (χ0n) is 24.3. The van der Waals surface area contributed by atoms with Gasteiger partial charge in [0.25, 0.3) is 0 Å². The van der Waals surface area contributed by atoms with E-state index in [4.69, 9.17) is 4.74 Å². The molecular weight excluding hydrogens is 472 g/mol. The van der Waals surface area contributed by atoms with Gasteiger partial charge in [0, 0.05) is 51.1 Å². The zero-order chi connectivity index (χ0) is 26.7. The van der Waals surface area contributed by atoms with Gasteiger partial charge in [-0.25, -0.2) is 0 Å². The lowest BCUT2D eigenvalue weighted by atomic mass is 9.44. The monoisotopic (exact) mass is 522 g/mol. The van der Waals surface area contributed by atoms with Crippen LogP contribution in [0.25, 0.3) is 0 Å². The topological polar surface area (TPSA) is 53.0 Å². The summed E-state index contributed by atoms with van der Waals surface area (Å²) in [7, 11) is 1.75. The summed E-state index contributed by atoms with van der Waals surface area (Å²) < 4.78 is 5.52. The number of carbonyl (C=O) groups is 1. The number of Topliss-reactive ketones (excluding diaryl/α,β-unsaturated/α-hetero) is 1. The molecule has 1 saturated heterocycles. The van der Waals surface area contributed by atoms with E-state index in [-0.39, 0.29) is 5.41 Å². The predicted molar refractivity (Wildman–Crippen MR) is 151 cm³/mol. The number of hydrogen-bond acceptors (Lipinski definition) is 5. The van der Waals surface area contributed by atoms with Crippen molar-refractivity contribution in [3.63, 3.8) is 0 Å². The molecule has 6 rings (SSSR count). The Morgan fingerprint density at radius 2 is 1.74 bits per heavy atom. The summed E-state index contributed by atoms with van der Waals surface area (Å²) in [6, 6.07) is 6.55. The van der Waals surface area contributed by atoms with Crippen LogP contribution in [0.3, 0.4) is 0 Å². The number of fused-ring (bicyclic) bond motifs is 5. The average molecular weight is 523 g/mol. The quantitative estimate of drug-likeness (QED) is 0.556. The van der Waals surface area contributed by atoms with Crippen molar-refractivity contribution in [2.75, 3.05) is 39.8 Å². The number of piperazine rings is 1. The number of ketones is 1. The van der Waals surface area contributed by atoms with Gasteiger partial charge in [0.2, 0.25) is 0 Å². The van der Waals surface area contributed by atoms with Crippen LogP contribution in [0.2, 0.25) is 0 Å². The van der Waals surface area contributed by atoms with E-state index in [0.29, 0.717) is 23.0 Å². The second-order valence-corrected chi connectivity index (χ2v) is 14.4. The molecule has 1 aliphatic heterocycles. The van der Waals surface area contributed by atoms with Crippen LogP contribution in [0.4, 0.5) is 0 Å². The Balaban J connectivity index is 1.04. The highest BCUT2D eigenvalue weighted by Gasteiger charge is 2.61. The smallest absolute Gasteiger partial charge is 0.139 e. The second kappa shape index (κ2) is 9.89. The Labute approximate surface area is 230 Å². The van der Waals surface area contributed by atoms with Gasteiger partial charge in [-0.05, 0) is 105 Å². The summed E-state index contributed by atoms with van der Waals surface area (Å²) in [5.74, 6) is 4.24. The zero-order valence-corrected chi connectivity index (χ0v) is 24.3. The van der Waals surface area contributed by atoms with Gasteiger partial charge in [0.05, 0.1) is 12.7 Å². The normalized spacial score (nSPS) is 41.9.